The molecule has 1 amide bonds. The second-order valence-corrected chi connectivity index (χ2v) is 6.79. The van der Waals surface area contributed by atoms with Crippen LogP contribution in [0.1, 0.15) is 29.4 Å². The van der Waals surface area contributed by atoms with E-state index in [9.17, 15) is 9.59 Å². The minimum atomic E-state index is -0.337. The summed E-state index contributed by atoms with van der Waals surface area (Å²) in [6, 6.07) is 3.93. The van der Waals surface area contributed by atoms with Crippen LogP contribution in [0.2, 0.25) is 0 Å². The third kappa shape index (κ3) is 4.08. The molecule has 0 bridgehead atoms. The summed E-state index contributed by atoms with van der Waals surface area (Å²) in [5.41, 5.74) is 3.95. The molecule has 0 radical (unpaired) electrons. The molecule has 136 valence electrons. The summed E-state index contributed by atoms with van der Waals surface area (Å²) < 4.78 is 10.2. The molecule has 0 aliphatic carbocycles. The molecular formula is C18H19N3O4S. The molecular weight excluding hydrogens is 354 g/mol. The number of carbonyl (C=O) groups excluding carboxylic acids is 2. The number of esters is 1. The van der Waals surface area contributed by atoms with Crippen LogP contribution in [0.5, 0.6) is 0 Å². The Kier molecular flexibility index (Phi) is 5.32. The number of aromatic nitrogens is 2. The average molecular weight is 373 g/mol. The molecule has 8 heteroatoms. The number of thiazole rings is 1. The lowest BCUT2D eigenvalue weighted by Crippen LogP contribution is -2.15. The first kappa shape index (κ1) is 18.1. The third-order valence-corrected chi connectivity index (χ3v) is 4.55. The van der Waals surface area contributed by atoms with Gasteiger partial charge >= 0.3 is 5.97 Å². The van der Waals surface area contributed by atoms with E-state index in [0.717, 1.165) is 16.5 Å². The number of rotatable bonds is 6. The Hall–Kier alpha value is -2.74. The Balaban J connectivity index is 1.66. The van der Waals surface area contributed by atoms with E-state index >= 15 is 0 Å². The Morgan fingerprint density at radius 2 is 2.08 bits per heavy atom. The molecule has 3 rings (SSSR count). The molecule has 0 spiro atoms. The van der Waals surface area contributed by atoms with Crippen molar-refractivity contribution in [2.75, 3.05) is 11.9 Å². The first-order chi connectivity index (χ1) is 12.5. The minimum Gasteiger partial charge on any atom is -0.466 e. The molecule has 3 aromatic rings. The molecule has 2 aromatic heterocycles. The maximum absolute atomic E-state index is 12.3. The predicted octanol–water partition coefficient (Wildman–Crippen LogP) is 3.19. The largest absolute Gasteiger partial charge is 0.466 e. The molecule has 0 saturated heterocycles. The third-order valence-electron chi connectivity index (χ3n) is 3.74. The fourth-order valence-electron chi connectivity index (χ4n) is 2.76. The monoisotopic (exact) mass is 373 g/mol. The molecule has 0 aliphatic rings. The molecule has 0 saturated carbocycles. The van der Waals surface area contributed by atoms with Crippen molar-refractivity contribution in [3.8, 4) is 0 Å². The van der Waals surface area contributed by atoms with Gasteiger partial charge in [-0.15, -0.1) is 11.3 Å². The number of ether oxygens (including phenoxy) is 1. The Morgan fingerprint density at radius 3 is 2.85 bits per heavy atom. The Morgan fingerprint density at radius 1 is 1.27 bits per heavy atom. The van der Waals surface area contributed by atoms with Crippen molar-refractivity contribution >= 4 is 39.3 Å². The van der Waals surface area contributed by atoms with E-state index in [4.69, 9.17) is 9.26 Å². The van der Waals surface area contributed by atoms with Crippen molar-refractivity contribution in [1.82, 2.24) is 10.1 Å². The number of hydrogen-bond acceptors (Lipinski definition) is 7. The molecule has 0 aliphatic heterocycles. The van der Waals surface area contributed by atoms with E-state index in [2.05, 4.69) is 15.5 Å². The lowest BCUT2D eigenvalue weighted by molar-refractivity contribution is -0.142. The van der Waals surface area contributed by atoms with E-state index in [1.807, 2.05) is 26.0 Å². The zero-order valence-corrected chi connectivity index (χ0v) is 15.6. The predicted molar refractivity (Wildman–Crippen MR) is 98.3 cm³/mol. The summed E-state index contributed by atoms with van der Waals surface area (Å²) in [5, 5.41) is 9.80. The molecule has 26 heavy (non-hydrogen) atoms. The SMILES string of the molecule is CCOC(=O)Cc1csc(NC(=O)Cc2noc3cc(C)cc(C)c23)n1. The van der Waals surface area contributed by atoms with Crippen LogP contribution in [0.25, 0.3) is 11.0 Å². The summed E-state index contributed by atoms with van der Waals surface area (Å²) in [6.45, 7) is 6.03. The highest BCUT2D eigenvalue weighted by Crippen LogP contribution is 2.25. The van der Waals surface area contributed by atoms with Crippen LogP contribution in [0, 0.1) is 13.8 Å². The van der Waals surface area contributed by atoms with Gasteiger partial charge in [-0.3, -0.25) is 9.59 Å². The zero-order chi connectivity index (χ0) is 18.7. The summed E-state index contributed by atoms with van der Waals surface area (Å²) in [6.07, 6.45) is 0.177. The van der Waals surface area contributed by atoms with Crippen molar-refractivity contribution in [3.63, 3.8) is 0 Å². The van der Waals surface area contributed by atoms with Crippen LogP contribution in [0.4, 0.5) is 5.13 Å². The van der Waals surface area contributed by atoms with E-state index in [1.54, 1.807) is 12.3 Å². The molecule has 7 nitrogen and oxygen atoms in total. The van der Waals surface area contributed by atoms with Crippen LogP contribution in [-0.4, -0.2) is 28.6 Å². The number of nitrogens with one attached hydrogen (secondary N) is 1. The average Bonchev–Trinajstić information content (AvgIpc) is 3.14. The Bertz CT molecular complexity index is 961. The molecule has 1 aromatic carbocycles. The van der Waals surface area contributed by atoms with Gasteiger partial charge in [-0.1, -0.05) is 11.2 Å². The van der Waals surface area contributed by atoms with Crippen LogP contribution >= 0.6 is 11.3 Å². The van der Waals surface area contributed by atoms with Gasteiger partial charge in [0.25, 0.3) is 0 Å². The van der Waals surface area contributed by atoms with Gasteiger partial charge in [0.1, 0.15) is 5.69 Å². The van der Waals surface area contributed by atoms with Gasteiger partial charge in [-0.2, -0.15) is 0 Å². The van der Waals surface area contributed by atoms with Gasteiger partial charge in [0.15, 0.2) is 10.7 Å². The zero-order valence-electron chi connectivity index (χ0n) is 14.8. The summed E-state index contributed by atoms with van der Waals surface area (Å²) in [7, 11) is 0. The number of amides is 1. The highest BCUT2D eigenvalue weighted by atomic mass is 32.1. The molecule has 0 atom stereocenters. The van der Waals surface area contributed by atoms with Gasteiger partial charge in [0.05, 0.1) is 25.1 Å². The topological polar surface area (TPSA) is 94.3 Å². The van der Waals surface area contributed by atoms with Crippen molar-refractivity contribution < 1.29 is 18.8 Å². The van der Waals surface area contributed by atoms with Crippen molar-refractivity contribution in [2.24, 2.45) is 0 Å². The van der Waals surface area contributed by atoms with Gasteiger partial charge < -0.3 is 14.6 Å². The van der Waals surface area contributed by atoms with Crippen molar-refractivity contribution in [1.29, 1.82) is 0 Å². The normalized spacial score (nSPS) is 10.9. The van der Waals surface area contributed by atoms with Crippen LogP contribution in [0.3, 0.4) is 0 Å². The molecule has 2 heterocycles. The smallest absolute Gasteiger partial charge is 0.311 e. The second kappa shape index (κ2) is 7.65. The van der Waals surface area contributed by atoms with Gasteiger partial charge in [-0.25, -0.2) is 4.98 Å². The van der Waals surface area contributed by atoms with Gasteiger partial charge in [0, 0.05) is 10.8 Å². The first-order valence-electron chi connectivity index (χ1n) is 8.21. The number of nitrogens with zero attached hydrogens (tertiary/aromatic N) is 2. The highest BCUT2D eigenvalue weighted by molar-refractivity contribution is 7.13. The molecule has 0 unspecified atom stereocenters. The number of benzene rings is 1. The lowest BCUT2D eigenvalue weighted by atomic mass is 10.0. The van der Waals surface area contributed by atoms with E-state index in [0.29, 0.717) is 28.7 Å². The van der Waals surface area contributed by atoms with Crippen molar-refractivity contribution in [2.45, 2.75) is 33.6 Å². The maximum atomic E-state index is 12.3. The fraction of sp³-hybridized carbons (Fsp3) is 0.333. The summed E-state index contributed by atoms with van der Waals surface area (Å²) in [4.78, 5) is 28.0. The minimum absolute atomic E-state index is 0.0870. The molecule has 1 N–H and O–H groups in total. The highest BCUT2D eigenvalue weighted by Gasteiger charge is 2.16. The standard InChI is InChI=1S/C18H19N3O4S/c1-4-24-16(23)7-12-9-26-18(19-12)20-15(22)8-13-17-11(3)5-10(2)6-14(17)25-21-13/h5-6,9H,4,7-8H2,1-3H3,(H,19,20,22). The number of carbonyl (C=O) groups is 2. The van der Waals surface area contributed by atoms with E-state index in [-0.39, 0.29) is 24.7 Å². The quantitative estimate of drug-likeness (QED) is 0.667. The van der Waals surface area contributed by atoms with Crippen LogP contribution < -0.4 is 5.32 Å². The lowest BCUT2D eigenvalue weighted by Gasteiger charge is -2.02. The number of aryl methyl sites for hydroxylation is 2. The van der Waals surface area contributed by atoms with Gasteiger partial charge in [-0.05, 0) is 38.0 Å². The van der Waals surface area contributed by atoms with Crippen LogP contribution in [0.15, 0.2) is 22.0 Å². The molecule has 0 fully saturated rings. The summed E-state index contributed by atoms with van der Waals surface area (Å²) in [5.74, 6) is -0.576. The maximum Gasteiger partial charge on any atom is 0.311 e. The Labute approximate surface area is 154 Å². The van der Waals surface area contributed by atoms with E-state index in [1.165, 1.54) is 11.3 Å². The van der Waals surface area contributed by atoms with Crippen molar-refractivity contribution in [3.05, 3.63) is 40.0 Å². The second-order valence-electron chi connectivity index (χ2n) is 5.93. The fourth-order valence-corrected chi connectivity index (χ4v) is 3.49. The first-order valence-corrected chi connectivity index (χ1v) is 9.09. The number of anilines is 1. The van der Waals surface area contributed by atoms with Crippen LogP contribution in [-0.2, 0) is 27.2 Å². The van der Waals surface area contributed by atoms with Gasteiger partial charge in [0.2, 0.25) is 5.91 Å². The van der Waals surface area contributed by atoms with E-state index < -0.39 is 0 Å². The number of fused-ring (bicyclic) bond motifs is 1. The summed E-state index contributed by atoms with van der Waals surface area (Å²) >= 11 is 1.26. The number of hydrogen-bond donors (Lipinski definition) is 1.